The van der Waals surface area contributed by atoms with Crippen LogP contribution in [-0.4, -0.2) is 75.6 Å². The summed E-state index contributed by atoms with van der Waals surface area (Å²) in [7, 11) is 1.31. The highest BCUT2D eigenvalue weighted by atomic mass is 16.6. The largest absolute Gasteiger partial charge is 0.503 e. The summed E-state index contributed by atoms with van der Waals surface area (Å²) in [6, 6.07) is 6.62. The molecule has 0 radical (unpaired) electrons. The molecule has 33 heavy (non-hydrogen) atoms. The second kappa shape index (κ2) is 10.0. The molecular weight excluding hydrogens is 428 g/mol. The lowest BCUT2D eigenvalue weighted by molar-refractivity contribution is 0.0138. The molecule has 1 N–H and O–H groups in total. The highest BCUT2D eigenvalue weighted by Gasteiger charge is 2.26. The molecule has 0 unspecified atom stereocenters. The van der Waals surface area contributed by atoms with Crippen LogP contribution < -0.4 is 5.56 Å². The van der Waals surface area contributed by atoms with Gasteiger partial charge < -0.3 is 19.5 Å². The van der Waals surface area contributed by atoms with E-state index in [0.29, 0.717) is 43.9 Å². The van der Waals surface area contributed by atoms with Crippen molar-refractivity contribution in [3.8, 4) is 5.75 Å². The maximum Gasteiger partial charge on any atom is 0.410 e. The van der Waals surface area contributed by atoms with E-state index < -0.39 is 17.1 Å². The second-order valence-electron chi connectivity index (χ2n) is 8.91. The number of aromatic hydroxyl groups is 1. The fourth-order valence-corrected chi connectivity index (χ4v) is 3.43. The zero-order valence-electron chi connectivity index (χ0n) is 19.4. The maximum absolute atomic E-state index is 12.6. The first-order valence-electron chi connectivity index (χ1n) is 10.7. The number of aromatic nitrogens is 2. The van der Waals surface area contributed by atoms with E-state index in [-0.39, 0.29) is 18.4 Å². The number of benzene rings is 1. The van der Waals surface area contributed by atoms with Crippen molar-refractivity contribution < 1.29 is 24.2 Å². The van der Waals surface area contributed by atoms with E-state index >= 15 is 0 Å². The number of hydrogen-bond acceptors (Lipinski definition) is 8. The molecule has 0 aliphatic carbocycles. The van der Waals surface area contributed by atoms with Crippen molar-refractivity contribution in [3.05, 3.63) is 57.5 Å². The van der Waals surface area contributed by atoms with Gasteiger partial charge >= 0.3 is 17.6 Å². The van der Waals surface area contributed by atoms with Crippen LogP contribution in [0.5, 0.6) is 5.75 Å². The van der Waals surface area contributed by atoms with Crippen LogP contribution in [0.2, 0.25) is 0 Å². The standard InChI is InChI=1S/C23H30N4O6/c1-23(2,3)33-22(31)26-11-9-25(10-12-26)15-18-13-24-27(20(29)19(18)28)14-16-5-7-17(8-6-16)21(30)32-4/h5-8,13,28H,9-12,14-15H2,1-4H3. The van der Waals surface area contributed by atoms with Crippen LogP contribution in [0.1, 0.15) is 42.3 Å². The van der Waals surface area contributed by atoms with E-state index in [1.54, 1.807) is 29.2 Å². The van der Waals surface area contributed by atoms with Crippen molar-refractivity contribution in [2.45, 2.75) is 39.5 Å². The predicted octanol–water partition coefficient (Wildman–Crippen LogP) is 1.84. The van der Waals surface area contributed by atoms with Gasteiger partial charge in [-0.15, -0.1) is 0 Å². The maximum atomic E-state index is 12.6. The van der Waals surface area contributed by atoms with Crippen molar-refractivity contribution in [2.24, 2.45) is 0 Å². The Morgan fingerprint density at radius 3 is 2.27 bits per heavy atom. The molecule has 1 aliphatic rings. The Labute approximate surface area is 192 Å². The number of amides is 1. The van der Waals surface area contributed by atoms with E-state index in [1.807, 2.05) is 25.7 Å². The highest BCUT2D eigenvalue weighted by molar-refractivity contribution is 5.89. The van der Waals surface area contributed by atoms with Crippen LogP contribution in [0, 0.1) is 0 Å². The number of piperazine rings is 1. The summed E-state index contributed by atoms with van der Waals surface area (Å²) in [4.78, 5) is 40.1. The number of methoxy groups -OCH3 is 1. The minimum absolute atomic E-state index is 0.155. The Morgan fingerprint density at radius 2 is 1.70 bits per heavy atom. The Balaban J connectivity index is 1.60. The third-order valence-corrected chi connectivity index (χ3v) is 5.22. The van der Waals surface area contributed by atoms with Gasteiger partial charge in [-0.1, -0.05) is 12.1 Å². The second-order valence-corrected chi connectivity index (χ2v) is 8.91. The average molecular weight is 459 g/mol. The van der Waals surface area contributed by atoms with Crippen LogP contribution in [0.3, 0.4) is 0 Å². The average Bonchev–Trinajstić information content (AvgIpc) is 2.78. The predicted molar refractivity (Wildman–Crippen MR) is 120 cm³/mol. The third-order valence-electron chi connectivity index (χ3n) is 5.22. The molecule has 10 nitrogen and oxygen atoms in total. The monoisotopic (exact) mass is 458 g/mol. The lowest BCUT2D eigenvalue weighted by Crippen LogP contribution is -2.49. The lowest BCUT2D eigenvalue weighted by atomic mass is 10.1. The highest BCUT2D eigenvalue weighted by Crippen LogP contribution is 2.16. The van der Waals surface area contributed by atoms with E-state index in [4.69, 9.17) is 4.74 Å². The van der Waals surface area contributed by atoms with Gasteiger partial charge in [-0.2, -0.15) is 5.10 Å². The van der Waals surface area contributed by atoms with Gasteiger partial charge in [0.1, 0.15) is 5.60 Å². The van der Waals surface area contributed by atoms with Crippen LogP contribution in [-0.2, 0) is 22.6 Å². The molecule has 10 heteroatoms. The molecule has 2 heterocycles. The summed E-state index contributed by atoms with van der Waals surface area (Å²) in [5.41, 5.74) is 0.466. The summed E-state index contributed by atoms with van der Waals surface area (Å²) in [6.45, 7) is 8.18. The topological polar surface area (TPSA) is 114 Å². The zero-order chi connectivity index (χ0) is 24.2. The summed E-state index contributed by atoms with van der Waals surface area (Å²) in [5.74, 6) is -0.781. The van der Waals surface area contributed by atoms with Crippen LogP contribution in [0.15, 0.2) is 35.3 Å². The van der Waals surface area contributed by atoms with Crippen molar-refractivity contribution in [1.82, 2.24) is 19.6 Å². The summed E-state index contributed by atoms with van der Waals surface area (Å²) in [6.07, 6.45) is 1.15. The Kier molecular flexibility index (Phi) is 7.37. The van der Waals surface area contributed by atoms with E-state index in [9.17, 15) is 19.5 Å². The Bertz CT molecular complexity index is 1050. The van der Waals surface area contributed by atoms with Gasteiger partial charge in [0.15, 0.2) is 5.75 Å². The first kappa shape index (κ1) is 24.2. The molecule has 2 aromatic rings. The molecule has 178 valence electrons. The summed E-state index contributed by atoms with van der Waals surface area (Å²) >= 11 is 0. The van der Waals surface area contributed by atoms with Gasteiger partial charge in [-0.25, -0.2) is 14.3 Å². The van der Waals surface area contributed by atoms with Crippen molar-refractivity contribution in [2.75, 3.05) is 33.3 Å². The van der Waals surface area contributed by atoms with Gasteiger partial charge in [-0.05, 0) is 38.5 Å². The fourth-order valence-electron chi connectivity index (χ4n) is 3.43. The van der Waals surface area contributed by atoms with Crippen molar-refractivity contribution in [3.63, 3.8) is 0 Å². The molecule has 1 fully saturated rings. The molecule has 1 amide bonds. The van der Waals surface area contributed by atoms with Gasteiger partial charge in [-0.3, -0.25) is 9.69 Å². The van der Waals surface area contributed by atoms with Crippen molar-refractivity contribution >= 4 is 12.1 Å². The SMILES string of the molecule is COC(=O)c1ccc(Cn2ncc(CN3CCN(C(=O)OC(C)(C)C)CC3)c(O)c2=O)cc1. The van der Waals surface area contributed by atoms with E-state index in [1.165, 1.54) is 18.0 Å². The van der Waals surface area contributed by atoms with Crippen LogP contribution in [0.25, 0.3) is 0 Å². The molecule has 0 bridgehead atoms. The molecule has 3 rings (SSSR count). The third kappa shape index (κ3) is 6.32. The number of nitrogens with zero attached hydrogens (tertiary/aromatic N) is 4. The Hall–Kier alpha value is -3.40. The fraction of sp³-hybridized carbons (Fsp3) is 0.478. The molecule has 1 saturated heterocycles. The van der Waals surface area contributed by atoms with Crippen LogP contribution in [0.4, 0.5) is 4.79 Å². The number of rotatable bonds is 5. The number of hydrogen-bond donors (Lipinski definition) is 1. The number of carbonyl (C=O) groups excluding carboxylic acids is 2. The summed E-state index contributed by atoms with van der Waals surface area (Å²) < 4.78 is 11.2. The van der Waals surface area contributed by atoms with Gasteiger partial charge in [0.05, 0.1) is 25.4 Å². The molecule has 0 atom stereocenters. The van der Waals surface area contributed by atoms with Gasteiger partial charge in [0, 0.05) is 38.3 Å². The number of ether oxygens (including phenoxy) is 2. The molecule has 1 aromatic carbocycles. The molecule has 0 saturated carbocycles. The normalized spacial score (nSPS) is 14.7. The first-order valence-corrected chi connectivity index (χ1v) is 10.7. The molecule has 0 spiro atoms. The van der Waals surface area contributed by atoms with Crippen molar-refractivity contribution in [1.29, 1.82) is 0 Å². The quantitative estimate of drug-likeness (QED) is 0.675. The number of esters is 1. The van der Waals surface area contributed by atoms with Crippen LogP contribution >= 0.6 is 0 Å². The molecule has 1 aliphatic heterocycles. The lowest BCUT2D eigenvalue weighted by Gasteiger charge is -2.35. The summed E-state index contributed by atoms with van der Waals surface area (Å²) in [5, 5.41) is 14.7. The zero-order valence-corrected chi connectivity index (χ0v) is 19.4. The van der Waals surface area contributed by atoms with E-state index in [2.05, 4.69) is 9.84 Å². The van der Waals surface area contributed by atoms with E-state index in [0.717, 1.165) is 5.56 Å². The number of carbonyl (C=O) groups is 2. The minimum Gasteiger partial charge on any atom is -0.503 e. The van der Waals surface area contributed by atoms with Gasteiger partial charge in [0.2, 0.25) is 0 Å². The first-order chi connectivity index (χ1) is 15.6. The molecular formula is C23H30N4O6. The molecule has 1 aromatic heterocycles. The Morgan fingerprint density at radius 1 is 1.06 bits per heavy atom. The van der Waals surface area contributed by atoms with Gasteiger partial charge in [0.25, 0.3) is 0 Å². The minimum atomic E-state index is -0.586. The smallest absolute Gasteiger partial charge is 0.410 e.